The molecule has 2 rings (SSSR count). The van der Waals surface area contributed by atoms with Gasteiger partial charge in [0.1, 0.15) is 5.82 Å². The van der Waals surface area contributed by atoms with Crippen molar-refractivity contribution in [2.45, 2.75) is 10.6 Å². The smallest absolute Gasteiger partial charge is 0.335 e. The lowest BCUT2D eigenvalue weighted by atomic mass is 10.1. The Morgan fingerprint density at radius 1 is 1.26 bits per heavy atom. The minimum absolute atomic E-state index is 0.0233. The van der Waals surface area contributed by atoms with E-state index in [1.54, 1.807) is 0 Å². The standard InChI is InChI=1S/C14H10BrFO2S/c15-11-2-1-3-13(7-11)19-8-9-4-10(14(17)18)6-12(16)5-9/h1-7H,8H2,(H,17,18). The molecule has 2 aromatic rings. The summed E-state index contributed by atoms with van der Waals surface area (Å²) in [5.41, 5.74) is 0.632. The molecule has 0 saturated carbocycles. The van der Waals surface area contributed by atoms with Crippen molar-refractivity contribution >= 4 is 33.7 Å². The molecule has 98 valence electrons. The molecule has 0 heterocycles. The fourth-order valence-corrected chi connectivity index (χ4v) is 3.02. The van der Waals surface area contributed by atoms with Crippen LogP contribution < -0.4 is 0 Å². The molecule has 0 aromatic heterocycles. The van der Waals surface area contributed by atoms with E-state index in [1.165, 1.54) is 23.9 Å². The van der Waals surface area contributed by atoms with Gasteiger partial charge < -0.3 is 5.11 Å². The third-order valence-electron chi connectivity index (χ3n) is 2.41. The Kier molecular flexibility index (Phi) is 4.61. The van der Waals surface area contributed by atoms with Gasteiger partial charge in [0.25, 0.3) is 0 Å². The van der Waals surface area contributed by atoms with Gasteiger partial charge in [0.05, 0.1) is 5.56 Å². The maximum Gasteiger partial charge on any atom is 0.335 e. The van der Waals surface area contributed by atoms with Crippen LogP contribution in [0.3, 0.4) is 0 Å². The lowest BCUT2D eigenvalue weighted by molar-refractivity contribution is 0.0696. The van der Waals surface area contributed by atoms with Crippen LogP contribution in [-0.4, -0.2) is 11.1 Å². The van der Waals surface area contributed by atoms with Gasteiger partial charge in [0, 0.05) is 15.1 Å². The highest BCUT2D eigenvalue weighted by molar-refractivity contribution is 9.10. The number of thioether (sulfide) groups is 1. The van der Waals surface area contributed by atoms with Gasteiger partial charge in [-0.2, -0.15) is 0 Å². The summed E-state index contributed by atoms with van der Waals surface area (Å²) < 4.78 is 14.3. The highest BCUT2D eigenvalue weighted by atomic mass is 79.9. The second-order valence-corrected chi connectivity index (χ2v) is 5.86. The molecule has 0 unspecified atom stereocenters. The fraction of sp³-hybridized carbons (Fsp3) is 0.0714. The average molecular weight is 341 g/mol. The van der Waals surface area contributed by atoms with Gasteiger partial charge in [0.2, 0.25) is 0 Å². The van der Waals surface area contributed by atoms with Gasteiger partial charge in [0.15, 0.2) is 0 Å². The lowest BCUT2D eigenvalue weighted by Gasteiger charge is -2.04. The van der Waals surface area contributed by atoms with Gasteiger partial charge in [-0.3, -0.25) is 0 Å². The summed E-state index contributed by atoms with van der Waals surface area (Å²) in [5.74, 6) is -1.12. The normalized spacial score (nSPS) is 10.4. The van der Waals surface area contributed by atoms with Gasteiger partial charge in [-0.25, -0.2) is 9.18 Å². The van der Waals surface area contributed by atoms with E-state index in [1.807, 2.05) is 24.3 Å². The van der Waals surface area contributed by atoms with Crippen molar-refractivity contribution in [2.24, 2.45) is 0 Å². The maximum absolute atomic E-state index is 13.3. The lowest BCUT2D eigenvalue weighted by Crippen LogP contribution is -1.98. The van der Waals surface area contributed by atoms with Crippen molar-refractivity contribution in [1.82, 2.24) is 0 Å². The number of hydrogen-bond donors (Lipinski definition) is 1. The highest BCUT2D eigenvalue weighted by Gasteiger charge is 2.07. The van der Waals surface area contributed by atoms with E-state index < -0.39 is 11.8 Å². The van der Waals surface area contributed by atoms with Crippen LogP contribution in [-0.2, 0) is 5.75 Å². The molecule has 5 heteroatoms. The van der Waals surface area contributed by atoms with Crippen LogP contribution in [0.15, 0.2) is 51.8 Å². The molecule has 0 radical (unpaired) electrons. The first kappa shape index (κ1) is 14.1. The third-order valence-corrected chi connectivity index (χ3v) is 3.96. The summed E-state index contributed by atoms with van der Waals surface area (Å²) in [6.07, 6.45) is 0. The monoisotopic (exact) mass is 340 g/mol. The largest absolute Gasteiger partial charge is 0.478 e. The first-order valence-electron chi connectivity index (χ1n) is 5.46. The number of carbonyl (C=O) groups is 1. The molecule has 2 aromatic carbocycles. The molecule has 0 aliphatic heterocycles. The van der Waals surface area contributed by atoms with Crippen molar-refractivity contribution in [3.05, 3.63) is 63.9 Å². The molecule has 0 fully saturated rings. The van der Waals surface area contributed by atoms with Crippen LogP contribution in [0.1, 0.15) is 15.9 Å². The van der Waals surface area contributed by atoms with Crippen molar-refractivity contribution in [1.29, 1.82) is 0 Å². The molecule has 0 saturated heterocycles. The molecular formula is C14H10BrFO2S. The molecule has 19 heavy (non-hydrogen) atoms. The number of aromatic carboxylic acids is 1. The van der Waals surface area contributed by atoms with Gasteiger partial charge in [-0.15, -0.1) is 11.8 Å². The van der Waals surface area contributed by atoms with E-state index in [2.05, 4.69) is 15.9 Å². The zero-order chi connectivity index (χ0) is 13.8. The predicted molar refractivity (Wildman–Crippen MR) is 77.1 cm³/mol. The minimum Gasteiger partial charge on any atom is -0.478 e. The number of hydrogen-bond acceptors (Lipinski definition) is 2. The van der Waals surface area contributed by atoms with Crippen LogP contribution in [0, 0.1) is 5.82 Å². The predicted octanol–water partition coefficient (Wildman–Crippen LogP) is 4.58. The molecule has 0 amide bonds. The zero-order valence-corrected chi connectivity index (χ0v) is 12.2. The Morgan fingerprint density at radius 3 is 2.74 bits per heavy atom. The van der Waals surface area contributed by atoms with E-state index in [0.29, 0.717) is 11.3 Å². The van der Waals surface area contributed by atoms with E-state index >= 15 is 0 Å². The molecular weight excluding hydrogens is 331 g/mol. The number of halogens is 2. The van der Waals surface area contributed by atoms with E-state index in [0.717, 1.165) is 15.4 Å². The van der Waals surface area contributed by atoms with E-state index in [-0.39, 0.29) is 5.56 Å². The average Bonchev–Trinajstić information content (AvgIpc) is 2.36. The molecule has 0 atom stereocenters. The molecule has 0 aliphatic rings. The van der Waals surface area contributed by atoms with Gasteiger partial charge >= 0.3 is 5.97 Å². The van der Waals surface area contributed by atoms with Crippen molar-refractivity contribution < 1.29 is 14.3 Å². The molecule has 1 N–H and O–H groups in total. The third kappa shape index (κ3) is 4.08. The summed E-state index contributed by atoms with van der Waals surface area (Å²) in [6.45, 7) is 0. The Balaban J connectivity index is 2.13. The van der Waals surface area contributed by atoms with Crippen molar-refractivity contribution in [3.8, 4) is 0 Å². The molecule has 0 aliphatic carbocycles. The molecule has 0 bridgehead atoms. The van der Waals surface area contributed by atoms with E-state index in [4.69, 9.17) is 5.11 Å². The second-order valence-electron chi connectivity index (χ2n) is 3.90. The summed E-state index contributed by atoms with van der Waals surface area (Å²) in [5, 5.41) is 8.88. The maximum atomic E-state index is 13.3. The van der Waals surface area contributed by atoms with E-state index in [9.17, 15) is 9.18 Å². The van der Waals surface area contributed by atoms with Crippen LogP contribution in [0.5, 0.6) is 0 Å². The summed E-state index contributed by atoms with van der Waals surface area (Å²) >= 11 is 4.91. The van der Waals surface area contributed by atoms with Crippen LogP contribution >= 0.6 is 27.7 Å². The summed E-state index contributed by atoms with van der Waals surface area (Å²) in [7, 11) is 0. The van der Waals surface area contributed by atoms with Crippen LogP contribution in [0.2, 0.25) is 0 Å². The Bertz CT molecular complexity index is 616. The first-order chi connectivity index (χ1) is 9.04. The summed E-state index contributed by atoms with van der Waals surface area (Å²) in [4.78, 5) is 11.9. The number of carboxylic acid groups (broad SMARTS) is 1. The van der Waals surface area contributed by atoms with Crippen molar-refractivity contribution in [2.75, 3.05) is 0 Å². The zero-order valence-electron chi connectivity index (χ0n) is 9.77. The summed E-state index contributed by atoms with van der Waals surface area (Å²) in [6, 6.07) is 11.6. The Labute approximate surface area is 122 Å². The van der Waals surface area contributed by atoms with Crippen molar-refractivity contribution in [3.63, 3.8) is 0 Å². The second kappa shape index (κ2) is 6.21. The molecule has 0 spiro atoms. The minimum atomic E-state index is -1.12. The molecule has 2 nitrogen and oxygen atoms in total. The Hall–Kier alpha value is -1.33. The topological polar surface area (TPSA) is 37.3 Å². The first-order valence-corrected chi connectivity index (χ1v) is 7.23. The van der Waals surface area contributed by atoms with Crippen LogP contribution in [0.25, 0.3) is 0 Å². The SMILES string of the molecule is O=C(O)c1cc(F)cc(CSc2cccc(Br)c2)c1. The highest BCUT2D eigenvalue weighted by Crippen LogP contribution is 2.26. The quantitative estimate of drug-likeness (QED) is 0.827. The van der Waals surface area contributed by atoms with Crippen LogP contribution in [0.4, 0.5) is 4.39 Å². The van der Waals surface area contributed by atoms with Gasteiger partial charge in [-0.05, 0) is 42.0 Å². The fourth-order valence-electron chi connectivity index (χ4n) is 1.58. The Morgan fingerprint density at radius 2 is 2.05 bits per heavy atom. The number of benzene rings is 2. The van der Waals surface area contributed by atoms with Gasteiger partial charge in [-0.1, -0.05) is 22.0 Å². The number of carboxylic acids is 1. The number of rotatable bonds is 4.